The fourth-order valence-corrected chi connectivity index (χ4v) is 4.43. The van der Waals surface area contributed by atoms with Crippen molar-refractivity contribution in [2.45, 2.75) is 31.2 Å². The van der Waals surface area contributed by atoms with Gasteiger partial charge in [-0.05, 0) is 25.0 Å². The average Bonchev–Trinajstić information content (AvgIpc) is 2.91. The lowest BCUT2D eigenvalue weighted by molar-refractivity contribution is -0.137. The van der Waals surface area contributed by atoms with Gasteiger partial charge in [-0.15, -0.1) is 0 Å². The number of hydrogen-bond acceptors (Lipinski definition) is 9. The van der Waals surface area contributed by atoms with E-state index in [-0.39, 0.29) is 41.7 Å². The summed E-state index contributed by atoms with van der Waals surface area (Å²) in [5.74, 6) is 0.361. The van der Waals surface area contributed by atoms with Crippen molar-refractivity contribution in [1.29, 1.82) is 0 Å². The molecule has 2 amide bonds. The fourth-order valence-electron chi connectivity index (χ4n) is 4.43. The van der Waals surface area contributed by atoms with E-state index in [0.717, 1.165) is 25.1 Å². The standard InChI is InChI=1S/C24H24F3N7O4/c25-24(26,27)15-4-1-3-14(9-15)20-29-10-18-21(31-20)34(16-5-2-8-33(18)11-16)23(37)32-22-28-7-6-19(30-22)38-13-17(36)12-35/h1,3-4,6-7,9-10,16-17,35-36H,2,5,8,11-13H2,(H,28,30,32,37)/t16-,17-/m0/s1. The van der Waals surface area contributed by atoms with E-state index >= 15 is 0 Å². The Morgan fingerprint density at radius 3 is 2.87 bits per heavy atom. The Labute approximate surface area is 214 Å². The summed E-state index contributed by atoms with van der Waals surface area (Å²) in [6.45, 7) is 0.614. The number of anilines is 3. The van der Waals surface area contributed by atoms with E-state index in [2.05, 4.69) is 30.2 Å². The third kappa shape index (κ3) is 5.31. The molecule has 1 fully saturated rings. The van der Waals surface area contributed by atoms with E-state index in [1.807, 2.05) is 0 Å². The molecule has 1 aromatic carbocycles. The molecule has 2 bridgehead atoms. The quantitative estimate of drug-likeness (QED) is 0.439. The largest absolute Gasteiger partial charge is 0.475 e. The molecule has 11 nitrogen and oxygen atoms in total. The van der Waals surface area contributed by atoms with E-state index < -0.39 is 30.5 Å². The highest BCUT2D eigenvalue weighted by molar-refractivity contribution is 6.03. The molecule has 2 aromatic heterocycles. The van der Waals surface area contributed by atoms with Gasteiger partial charge in [-0.25, -0.2) is 19.7 Å². The first-order valence-corrected chi connectivity index (χ1v) is 11.9. The molecule has 0 spiro atoms. The monoisotopic (exact) mass is 531 g/mol. The Morgan fingerprint density at radius 1 is 1.24 bits per heavy atom. The molecule has 0 aliphatic carbocycles. The molecule has 38 heavy (non-hydrogen) atoms. The highest BCUT2D eigenvalue weighted by Crippen LogP contribution is 2.39. The second kappa shape index (κ2) is 10.4. The predicted molar refractivity (Wildman–Crippen MR) is 130 cm³/mol. The first-order valence-electron chi connectivity index (χ1n) is 11.9. The zero-order valence-electron chi connectivity index (χ0n) is 20.0. The van der Waals surface area contributed by atoms with Gasteiger partial charge in [0.15, 0.2) is 11.6 Å². The van der Waals surface area contributed by atoms with Crippen LogP contribution in [0.3, 0.4) is 0 Å². The van der Waals surface area contributed by atoms with Crippen LogP contribution in [-0.2, 0) is 6.18 Å². The Kier molecular flexibility index (Phi) is 6.99. The molecule has 5 rings (SSSR count). The van der Waals surface area contributed by atoms with Gasteiger partial charge in [-0.2, -0.15) is 18.2 Å². The molecule has 200 valence electrons. The van der Waals surface area contributed by atoms with Crippen molar-refractivity contribution < 1.29 is 32.9 Å². The number of nitrogens with zero attached hydrogens (tertiary/aromatic N) is 6. The van der Waals surface area contributed by atoms with Gasteiger partial charge in [0.2, 0.25) is 11.8 Å². The molecule has 2 atom stereocenters. The van der Waals surface area contributed by atoms with Crippen molar-refractivity contribution in [3.05, 3.63) is 48.3 Å². The normalized spacial score (nSPS) is 17.6. The van der Waals surface area contributed by atoms with Crippen molar-refractivity contribution in [3.63, 3.8) is 0 Å². The van der Waals surface area contributed by atoms with Gasteiger partial charge >= 0.3 is 12.2 Å². The molecule has 4 heterocycles. The van der Waals surface area contributed by atoms with Crippen LogP contribution in [0.2, 0.25) is 0 Å². The summed E-state index contributed by atoms with van der Waals surface area (Å²) in [5.41, 5.74) is -0.0490. The molecule has 0 saturated carbocycles. The second-order valence-electron chi connectivity index (χ2n) is 8.89. The number of carbonyl (C=O) groups excluding carboxylic acids is 1. The third-order valence-electron chi connectivity index (χ3n) is 6.23. The van der Waals surface area contributed by atoms with E-state index in [9.17, 15) is 23.1 Å². The molecule has 2 aliphatic heterocycles. The van der Waals surface area contributed by atoms with Crippen molar-refractivity contribution >= 4 is 23.5 Å². The first kappa shape index (κ1) is 25.6. The van der Waals surface area contributed by atoms with Crippen LogP contribution in [0.5, 0.6) is 5.88 Å². The van der Waals surface area contributed by atoms with Gasteiger partial charge in [-0.1, -0.05) is 12.1 Å². The third-order valence-corrected chi connectivity index (χ3v) is 6.23. The average molecular weight is 531 g/mol. The molecule has 0 unspecified atom stereocenters. The number of amides is 2. The number of halogens is 3. The van der Waals surface area contributed by atoms with Crippen molar-refractivity contribution in [1.82, 2.24) is 19.9 Å². The Bertz CT molecular complexity index is 1330. The number of hydrogen-bond donors (Lipinski definition) is 3. The smallest absolute Gasteiger partial charge is 0.416 e. The van der Waals surface area contributed by atoms with Gasteiger partial charge in [0.25, 0.3) is 0 Å². The SMILES string of the molecule is O=C(Nc1nccc(OC[C@@H](O)CO)n1)N1c2nc(-c3cccc(C(F)(F)F)c3)ncc2N2CCC[C@H]1C2. The summed E-state index contributed by atoms with van der Waals surface area (Å²) in [6, 6.07) is 5.35. The summed E-state index contributed by atoms with van der Waals surface area (Å²) < 4.78 is 45.1. The van der Waals surface area contributed by atoms with Crippen LogP contribution in [0.25, 0.3) is 11.4 Å². The number of nitrogens with one attached hydrogen (secondary N) is 1. The predicted octanol–water partition coefficient (Wildman–Crippen LogP) is 2.71. The number of ether oxygens (including phenoxy) is 1. The highest BCUT2D eigenvalue weighted by Gasteiger charge is 2.39. The number of aromatic nitrogens is 4. The van der Waals surface area contributed by atoms with Crippen LogP contribution in [0, 0.1) is 0 Å². The zero-order valence-corrected chi connectivity index (χ0v) is 20.0. The van der Waals surface area contributed by atoms with Crippen LogP contribution in [0.1, 0.15) is 18.4 Å². The molecule has 3 aromatic rings. The lowest BCUT2D eigenvalue weighted by Crippen LogP contribution is -2.56. The van der Waals surface area contributed by atoms with Gasteiger partial charge in [-0.3, -0.25) is 10.2 Å². The maximum Gasteiger partial charge on any atom is 0.416 e. The lowest BCUT2D eigenvalue weighted by atomic mass is 10.0. The molecular formula is C24H24F3N7O4. The second-order valence-corrected chi connectivity index (χ2v) is 8.89. The summed E-state index contributed by atoms with van der Waals surface area (Å²) >= 11 is 0. The maximum atomic E-state index is 13.5. The number of urea groups is 1. The maximum absolute atomic E-state index is 13.5. The summed E-state index contributed by atoms with van der Waals surface area (Å²) in [6.07, 6.45) is -1.19. The number of rotatable bonds is 6. The van der Waals surface area contributed by atoms with Crippen LogP contribution in [0.4, 0.5) is 35.4 Å². The van der Waals surface area contributed by atoms with E-state index in [0.29, 0.717) is 18.7 Å². The van der Waals surface area contributed by atoms with Crippen molar-refractivity contribution in [2.75, 3.05) is 41.4 Å². The van der Waals surface area contributed by atoms with Crippen LogP contribution in [-0.4, -0.2) is 74.6 Å². The van der Waals surface area contributed by atoms with E-state index in [1.165, 1.54) is 35.5 Å². The number of piperidine rings is 1. The number of fused-ring (bicyclic) bond motifs is 4. The number of benzene rings is 1. The minimum Gasteiger partial charge on any atom is -0.475 e. The fraction of sp³-hybridized carbons (Fsp3) is 0.375. The van der Waals surface area contributed by atoms with Crippen molar-refractivity contribution in [3.8, 4) is 17.3 Å². The number of carbonyl (C=O) groups is 1. The Morgan fingerprint density at radius 2 is 2.08 bits per heavy atom. The number of alkyl halides is 3. The molecule has 1 saturated heterocycles. The van der Waals surface area contributed by atoms with Gasteiger partial charge < -0.3 is 19.8 Å². The molecular weight excluding hydrogens is 507 g/mol. The molecule has 14 heteroatoms. The van der Waals surface area contributed by atoms with E-state index in [4.69, 9.17) is 9.84 Å². The Balaban J connectivity index is 1.44. The number of aliphatic hydroxyl groups is 2. The van der Waals surface area contributed by atoms with E-state index in [1.54, 1.807) is 0 Å². The van der Waals surface area contributed by atoms with Gasteiger partial charge in [0.05, 0.1) is 30.1 Å². The summed E-state index contributed by atoms with van der Waals surface area (Å²) in [7, 11) is 0. The molecule has 2 aliphatic rings. The minimum absolute atomic E-state index is 0.0575. The number of aliphatic hydroxyl groups excluding tert-OH is 2. The lowest BCUT2D eigenvalue weighted by Gasteiger charge is -2.45. The first-order chi connectivity index (χ1) is 18.2. The molecule has 3 N–H and O–H groups in total. The highest BCUT2D eigenvalue weighted by atomic mass is 19.4. The minimum atomic E-state index is -4.52. The van der Waals surface area contributed by atoms with Crippen LogP contribution >= 0.6 is 0 Å². The summed E-state index contributed by atoms with van der Waals surface area (Å²) in [4.78, 5) is 34.0. The topological polar surface area (TPSA) is 137 Å². The molecule has 0 radical (unpaired) electrons. The van der Waals surface area contributed by atoms with Crippen LogP contribution in [0.15, 0.2) is 42.7 Å². The summed E-state index contributed by atoms with van der Waals surface area (Å²) in [5, 5.41) is 21.0. The van der Waals surface area contributed by atoms with Gasteiger partial charge in [0.1, 0.15) is 12.7 Å². The van der Waals surface area contributed by atoms with Crippen LogP contribution < -0.4 is 19.9 Å². The van der Waals surface area contributed by atoms with Gasteiger partial charge in [0, 0.05) is 30.9 Å². The zero-order chi connectivity index (χ0) is 26.9. The van der Waals surface area contributed by atoms with Crippen molar-refractivity contribution in [2.24, 2.45) is 0 Å². The Hall–Kier alpha value is -4.04.